The maximum Gasteiger partial charge on any atom is 0.338 e. The van der Waals surface area contributed by atoms with Gasteiger partial charge in [-0.1, -0.05) is 48.5 Å². The smallest absolute Gasteiger partial charge is 0.338 e. The Morgan fingerprint density at radius 2 is 1.72 bits per heavy atom. The number of ether oxygens (including phenoxy) is 1. The van der Waals surface area contributed by atoms with Crippen molar-refractivity contribution in [2.24, 2.45) is 7.05 Å². The number of likely N-dealkylation sites (N-methyl/N-ethyl adjacent to an activating group) is 1. The summed E-state index contributed by atoms with van der Waals surface area (Å²) in [5, 5.41) is 10.2. The average molecular weight is 731 g/mol. The molecule has 4 aromatic carbocycles. The Morgan fingerprint density at radius 1 is 0.962 bits per heavy atom. The number of aromatic nitrogens is 2. The molecule has 2 amide bonds. The summed E-state index contributed by atoms with van der Waals surface area (Å²) in [7, 11) is 4.02. The van der Waals surface area contributed by atoms with Gasteiger partial charge in [0.25, 0.3) is 5.91 Å². The number of carbonyl (C=O) groups excluding carboxylic acids is 3. The molecule has 0 spiro atoms. The fourth-order valence-corrected chi connectivity index (χ4v) is 7.57. The Morgan fingerprint density at radius 3 is 2.53 bits per heavy atom. The van der Waals surface area contributed by atoms with E-state index in [2.05, 4.69) is 46.0 Å². The zero-order valence-corrected chi connectivity index (χ0v) is 30.1. The molecular formula is C40H38N6O6S. The number of anilines is 1. The molecule has 3 heterocycles. The molecule has 53 heavy (non-hydrogen) atoms. The number of nitrogens with zero attached hydrogens (tertiary/aromatic N) is 4. The van der Waals surface area contributed by atoms with Crippen molar-refractivity contribution in [3.05, 3.63) is 142 Å². The number of thioether (sulfide) groups is 1. The van der Waals surface area contributed by atoms with Gasteiger partial charge < -0.3 is 19.4 Å². The molecule has 1 fully saturated rings. The van der Waals surface area contributed by atoms with E-state index in [1.165, 1.54) is 22.3 Å². The van der Waals surface area contributed by atoms with E-state index in [0.29, 0.717) is 16.6 Å². The Balaban J connectivity index is 1.04. The second-order valence-corrected chi connectivity index (χ2v) is 14.0. The highest BCUT2D eigenvalue weighted by molar-refractivity contribution is 7.99. The minimum atomic E-state index is -1.48. The minimum absolute atomic E-state index is 0.209. The maximum atomic E-state index is 14.2. The van der Waals surface area contributed by atoms with Crippen molar-refractivity contribution in [3.63, 3.8) is 0 Å². The van der Waals surface area contributed by atoms with Gasteiger partial charge in [0.2, 0.25) is 0 Å². The number of carbonyl (C=O) groups is 3. The second kappa shape index (κ2) is 15.5. The summed E-state index contributed by atoms with van der Waals surface area (Å²) in [5.74, 6) is -1.58. The number of hydrazine groups is 1. The Labute approximate surface area is 309 Å². The molecule has 0 saturated carbocycles. The lowest BCUT2D eigenvalue weighted by atomic mass is 10.0. The number of hydrogen-bond donors (Lipinski definition) is 2. The predicted molar refractivity (Wildman–Crippen MR) is 204 cm³/mol. The van der Waals surface area contributed by atoms with Crippen molar-refractivity contribution in [1.82, 2.24) is 25.1 Å². The van der Waals surface area contributed by atoms with Crippen LogP contribution in [-0.2, 0) is 29.5 Å². The van der Waals surface area contributed by atoms with Crippen molar-refractivity contribution in [2.75, 3.05) is 37.1 Å². The van der Waals surface area contributed by atoms with E-state index in [1.54, 1.807) is 54.6 Å². The number of amides is 2. The van der Waals surface area contributed by atoms with E-state index in [1.807, 2.05) is 42.2 Å². The summed E-state index contributed by atoms with van der Waals surface area (Å²) in [4.78, 5) is 55.7. The summed E-state index contributed by atoms with van der Waals surface area (Å²) in [6.07, 6.45) is 2.69. The lowest BCUT2D eigenvalue weighted by molar-refractivity contribution is -0.129. The first-order chi connectivity index (χ1) is 25.7. The molecule has 2 N–H and O–H groups in total. The molecule has 6 aromatic rings. The van der Waals surface area contributed by atoms with Gasteiger partial charge in [-0.05, 0) is 73.1 Å². The van der Waals surface area contributed by atoms with E-state index in [9.17, 15) is 19.2 Å². The molecule has 1 atom stereocenters. The second-order valence-electron chi connectivity index (χ2n) is 13.1. The molecular weight excluding hydrogens is 693 g/mol. The van der Waals surface area contributed by atoms with Gasteiger partial charge in [-0.3, -0.25) is 24.5 Å². The van der Waals surface area contributed by atoms with Crippen LogP contribution in [-0.4, -0.2) is 74.8 Å². The number of nitrogens with one attached hydrogen (secondary N) is 2. The fourth-order valence-electron chi connectivity index (χ4n) is 6.28. The first kappa shape index (κ1) is 35.6. The van der Waals surface area contributed by atoms with Crippen LogP contribution in [0.4, 0.5) is 5.69 Å². The Hall–Kier alpha value is -5.76. The average Bonchev–Trinajstić information content (AvgIpc) is 3.76. The first-order valence-electron chi connectivity index (χ1n) is 17.1. The van der Waals surface area contributed by atoms with Crippen LogP contribution in [0.3, 0.4) is 0 Å². The highest BCUT2D eigenvalue weighted by Gasteiger charge is 2.51. The third kappa shape index (κ3) is 7.87. The third-order valence-corrected chi connectivity index (χ3v) is 10.4. The molecule has 1 saturated heterocycles. The van der Waals surface area contributed by atoms with Crippen LogP contribution >= 0.6 is 11.8 Å². The SMILES string of the molecule is CN(CCc1ccc(NC(=O)C2(COC(=O)c3ccccc3)CSCN2NC(=O)c2cc(=O)c3ccccc3o2)cc1)Cc1ccc2c(cnn2C)c1. The molecule has 7 rings (SSSR count). The van der Waals surface area contributed by atoms with Crippen molar-refractivity contribution in [2.45, 2.75) is 18.5 Å². The quantitative estimate of drug-likeness (QED) is 0.161. The summed E-state index contributed by atoms with van der Waals surface area (Å²) >= 11 is 1.39. The van der Waals surface area contributed by atoms with Crippen LogP contribution in [0, 0.1) is 0 Å². The third-order valence-electron chi connectivity index (χ3n) is 9.30. The van der Waals surface area contributed by atoms with Gasteiger partial charge in [-0.25, -0.2) is 4.79 Å². The largest absolute Gasteiger partial charge is 0.459 e. The fraction of sp³-hybridized carbons (Fsp3) is 0.225. The van der Waals surface area contributed by atoms with E-state index in [0.717, 1.165) is 42.0 Å². The molecule has 1 aliphatic heterocycles. The molecule has 1 aliphatic rings. The summed E-state index contributed by atoms with van der Waals surface area (Å²) in [5.41, 5.74) is 5.46. The van der Waals surface area contributed by atoms with Crippen LogP contribution in [0.1, 0.15) is 32.0 Å². The number of para-hydroxylation sites is 1. The van der Waals surface area contributed by atoms with Crippen LogP contribution in [0.25, 0.3) is 21.9 Å². The summed E-state index contributed by atoms with van der Waals surface area (Å²) in [6.45, 7) is 1.28. The van der Waals surface area contributed by atoms with E-state index in [4.69, 9.17) is 9.15 Å². The number of fused-ring (bicyclic) bond motifs is 2. The molecule has 12 nitrogen and oxygen atoms in total. The van der Waals surface area contributed by atoms with Crippen molar-refractivity contribution in [3.8, 4) is 0 Å². The maximum absolute atomic E-state index is 14.2. The van der Waals surface area contributed by atoms with Gasteiger partial charge in [-0.2, -0.15) is 10.1 Å². The van der Waals surface area contributed by atoms with Gasteiger partial charge in [0, 0.05) is 43.0 Å². The van der Waals surface area contributed by atoms with E-state index < -0.39 is 23.3 Å². The molecule has 1 unspecified atom stereocenters. The zero-order valence-electron chi connectivity index (χ0n) is 29.3. The van der Waals surface area contributed by atoms with Crippen LogP contribution in [0.15, 0.2) is 119 Å². The van der Waals surface area contributed by atoms with Crippen molar-refractivity contribution < 1.29 is 23.5 Å². The van der Waals surface area contributed by atoms with Gasteiger partial charge >= 0.3 is 11.9 Å². The standard InChI is InChI=1S/C40H38N6O6S/c1-44(23-28-14-17-33-30(20-28)22-41-45(33)2)19-18-27-12-15-31(16-13-27)42-39(50)40(24-51-38(49)29-8-4-3-5-9-29)25-53-26-46(40)43-37(48)36-21-34(47)32-10-6-7-11-35(32)52-36/h3-17,20-22H,18-19,23-26H2,1-2H3,(H,42,50)(H,43,48). The topological polar surface area (TPSA) is 139 Å². The number of hydrogen-bond acceptors (Lipinski definition) is 10. The van der Waals surface area contributed by atoms with Gasteiger partial charge in [0.05, 0.1) is 28.5 Å². The molecule has 2 aromatic heterocycles. The molecule has 0 aliphatic carbocycles. The zero-order chi connectivity index (χ0) is 37.0. The molecule has 0 radical (unpaired) electrons. The summed E-state index contributed by atoms with van der Waals surface area (Å²) < 4.78 is 13.3. The first-order valence-corrected chi connectivity index (χ1v) is 18.2. The van der Waals surface area contributed by atoms with Crippen LogP contribution < -0.4 is 16.2 Å². The Kier molecular flexibility index (Phi) is 10.4. The van der Waals surface area contributed by atoms with Gasteiger partial charge in [-0.15, -0.1) is 11.8 Å². The van der Waals surface area contributed by atoms with Crippen molar-refractivity contribution in [1.29, 1.82) is 0 Å². The number of rotatable bonds is 12. The molecule has 0 bridgehead atoms. The molecule has 13 heteroatoms. The molecule has 270 valence electrons. The van der Waals surface area contributed by atoms with Gasteiger partial charge in [0.1, 0.15) is 12.2 Å². The Bertz CT molecular complexity index is 2340. The minimum Gasteiger partial charge on any atom is -0.459 e. The normalized spacial score (nSPS) is 15.9. The van der Waals surface area contributed by atoms with E-state index >= 15 is 0 Å². The van der Waals surface area contributed by atoms with Gasteiger partial charge in [0.15, 0.2) is 16.7 Å². The highest BCUT2D eigenvalue weighted by atomic mass is 32.2. The predicted octanol–water partition coefficient (Wildman–Crippen LogP) is 5.24. The lowest BCUT2D eigenvalue weighted by Crippen LogP contribution is -2.63. The lowest BCUT2D eigenvalue weighted by Gasteiger charge is -2.35. The van der Waals surface area contributed by atoms with Crippen LogP contribution in [0.2, 0.25) is 0 Å². The monoisotopic (exact) mass is 730 g/mol. The van der Waals surface area contributed by atoms with Crippen molar-refractivity contribution >= 4 is 57.1 Å². The number of esters is 1. The van der Waals surface area contributed by atoms with Crippen LogP contribution in [0.5, 0.6) is 0 Å². The van der Waals surface area contributed by atoms with E-state index in [-0.39, 0.29) is 35.0 Å². The highest BCUT2D eigenvalue weighted by Crippen LogP contribution is 2.32. The summed E-state index contributed by atoms with van der Waals surface area (Å²) in [6, 6.07) is 30.2. The number of aryl methyl sites for hydroxylation is 1. The number of benzene rings is 4.